The molecule has 0 unspecified atom stereocenters. The molecule has 1 aliphatic rings. The highest BCUT2D eigenvalue weighted by Gasteiger charge is 2.20. The number of carbonyl (C=O) groups excluding carboxylic acids is 1. The van der Waals surface area contributed by atoms with E-state index < -0.39 is 11.7 Å². The third-order valence-corrected chi connectivity index (χ3v) is 4.74. The molecule has 0 radical (unpaired) electrons. The van der Waals surface area contributed by atoms with Crippen molar-refractivity contribution >= 4 is 28.2 Å². The van der Waals surface area contributed by atoms with E-state index in [1.54, 1.807) is 30.5 Å². The van der Waals surface area contributed by atoms with Crippen LogP contribution in [0.4, 0.5) is 15.8 Å². The fraction of sp³-hybridized carbons (Fsp3) is 0.364. The molecule has 0 aliphatic carbocycles. The maximum Gasteiger partial charge on any atom is 0.276 e. The van der Waals surface area contributed by atoms with Crippen LogP contribution in [0.5, 0.6) is 0 Å². The summed E-state index contributed by atoms with van der Waals surface area (Å²) in [6.07, 6.45) is 2.96. The molecule has 1 saturated heterocycles. The number of rotatable bonds is 5. The number of hydrogen-bond acceptors (Lipinski definition) is 5. The van der Waals surface area contributed by atoms with Gasteiger partial charge in [-0.25, -0.2) is 9.87 Å². The molecule has 160 valence electrons. The molecule has 0 saturated carbocycles. The molecule has 3 N–H and O–H groups in total. The molecule has 1 aromatic heterocycles. The minimum atomic E-state index is -0.412. The van der Waals surface area contributed by atoms with Gasteiger partial charge in [0.1, 0.15) is 5.82 Å². The lowest BCUT2D eigenvalue weighted by molar-refractivity contribution is -0.0673. The maximum absolute atomic E-state index is 14.4. The molecule has 1 aliphatic heterocycles. The second-order valence-corrected chi connectivity index (χ2v) is 6.79. The number of aromatic amines is 1. The van der Waals surface area contributed by atoms with Crippen molar-refractivity contribution < 1.29 is 18.8 Å². The number of benzene rings is 2. The Balaban J connectivity index is 0.00000124. The van der Waals surface area contributed by atoms with Gasteiger partial charge in [-0.1, -0.05) is 19.9 Å². The molecule has 4 rings (SSSR count). The first-order valence-corrected chi connectivity index (χ1v) is 10.1. The summed E-state index contributed by atoms with van der Waals surface area (Å²) < 4.78 is 19.6. The van der Waals surface area contributed by atoms with Crippen molar-refractivity contribution in [3.05, 3.63) is 53.5 Å². The highest BCUT2D eigenvalue weighted by Crippen LogP contribution is 2.31. The molecule has 2 aromatic carbocycles. The van der Waals surface area contributed by atoms with Crippen LogP contribution in [0.15, 0.2) is 36.5 Å². The molecule has 0 atom stereocenters. The van der Waals surface area contributed by atoms with Gasteiger partial charge in [0.05, 0.1) is 34.8 Å². The van der Waals surface area contributed by atoms with E-state index in [-0.39, 0.29) is 11.8 Å². The summed E-state index contributed by atoms with van der Waals surface area (Å²) in [5.74, 6) is -0.810. The largest absolute Gasteiger partial charge is 0.381 e. The van der Waals surface area contributed by atoms with Crippen LogP contribution < -0.4 is 10.8 Å². The van der Waals surface area contributed by atoms with E-state index in [0.717, 1.165) is 23.9 Å². The Morgan fingerprint density at radius 2 is 2.00 bits per heavy atom. The molecule has 1 amide bonds. The number of amides is 1. The number of hydrogen-bond donors (Lipinski definition) is 3. The molecule has 8 heteroatoms. The van der Waals surface area contributed by atoms with Gasteiger partial charge >= 0.3 is 0 Å². The fourth-order valence-corrected chi connectivity index (χ4v) is 3.18. The van der Waals surface area contributed by atoms with Crippen molar-refractivity contribution in [3.63, 3.8) is 0 Å². The van der Waals surface area contributed by atoms with E-state index >= 15 is 0 Å². The van der Waals surface area contributed by atoms with Crippen molar-refractivity contribution in [1.29, 1.82) is 0 Å². The molecule has 3 aromatic rings. The molecule has 30 heavy (non-hydrogen) atoms. The van der Waals surface area contributed by atoms with Gasteiger partial charge in [0.25, 0.3) is 5.91 Å². The topological polar surface area (TPSA) is 88.3 Å². The minimum absolute atomic E-state index is 0.0821. The standard InChI is InChI=1S/C20H21FN4O3.C2H6/c1-12-2-4-18(16(21)10-12)23-19-14(3-5-17-15(19)11-22-24-17)20(26)25-28-13-6-8-27-9-7-13;1-2/h2-5,10-11,13,23H,6-9H2,1H3,(H,22,24)(H,25,26);1-2H3. The summed E-state index contributed by atoms with van der Waals surface area (Å²) in [5.41, 5.74) is 5.13. The number of nitrogens with one attached hydrogen (secondary N) is 3. The number of anilines is 2. The Morgan fingerprint density at radius 3 is 2.73 bits per heavy atom. The highest BCUT2D eigenvalue weighted by atomic mass is 19.1. The smallest absolute Gasteiger partial charge is 0.276 e. The fourth-order valence-electron chi connectivity index (χ4n) is 3.18. The van der Waals surface area contributed by atoms with Crippen molar-refractivity contribution in [1.82, 2.24) is 15.7 Å². The zero-order valence-electron chi connectivity index (χ0n) is 17.4. The number of halogens is 1. The number of hydroxylamine groups is 1. The number of ether oxygens (including phenoxy) is 1. The Kier molecular flexibility index (Phi) is 7.37. The van der Waals surface area contributed by atoms with E-state index in [9.17, 15) is 9.18 Å². The van der Waals surface area contributed by atoms with Crippen molar-refractivity contribution in [2.24, 2.45) is 0 Å². The van der Waals surface area contributed by atoms with Gasteiger partial charge in [0.15, 0.2) is 0 Å². The predicted octanol–water partition coefficient (Wildman–Crippen LogP) is 4.62. The summed E-state index contributed by atoms with van der Waals surface area (Å²) in [6.45, 7) is 7.04. The zero-order valence-corrected chi connectivity index (χ0v) is 17.4. The van der Waals surface area contributed by atoms with Gasteiger partial charge in [-0.15, -0.1) is 0 Å². The first-order chi connectivity index (χ1) is 14.6. The number of carbonyl (C=O) groups is 1. The van der Waals surface area contributed by atoms with Gasteiger partial charge in [-0.2, -0.15) is 5.10 Å². The summed E-state index contributed by atoms with van der Waals surface area (Å²) in [7, 11) is 0. The molecular formula is C22H27FN4O3. The van der Waals surface area contributed by atoms with Gasteiger partial charge in [-0.3, -0.25) is 14.7 Å². The SMILES string of the molecule is CC.Cc1ccc(Nc2c(C(=O)NOC3CCOCC3)ccc3[nH]ncc23)c(F)c1. The van der Waals surface area contributed by atoms with E-state index in [4.69, 9.17) is 9.57 Å². The van der Waals surface area contributed by atoms with Crippen LogP contribution in [0.25, 0.3) is 10.9 Å². The van der Waals surface area contributed by atoms with E-state index in [0.29, 0.717) is 29.9 Å². The normalized spacial score (nSPS) is 14.1. The van der Waals surface area contributed by atoms with Crippen LogP contribution in [0.1, 0.15) is 42.6 Å². The Hall–Kier alpha value is -2.97. The number of H-pyrrole nitrogens is 1. The summed E-state index contributed by atoms with van der Waals surface area (Å²) in [6, 6.07) is 8.28. The third kappa shape index (κ3) is 4.95. The number of fused-ring (bicyclic) bond motifs is 1. The van der Waals surface area contributed by atoms with E-state index in [1.165, 1.54) is 6.07 Å². The first kappa shape index (κ1) is 21.7. The zero-order chi connectivity index (χ0) is 21.5. The average molecular weight is 414 g/mol. The average Bonchev–Trinajstić information content (AvgIpc) is 3.25. The lowest BCUT2D eigenvalue weighted by Crippen LogP contribution is -2.33. The number of aromatic nitrogens is 2. The molecule has 0 bridgehead atoms. The molecule has 7 nitrogen and oxygen atoms in total. The lowest BCUT2D eigenvalue weighted by atomic mass is 10.1. The van der Waals surface area contributed by atoms with Gasteiger partial charge in [0.2, 0.25) is 0 Å². The number of nitrogens with zero attached hydrogens (tertiary/aromatic N) is 1. The van der Waals surface area contributed by atoms with Crippen molar-refractivity contribution in [3.8, 4) is 0 Å². The second-order valence-electron chi connectivity index (χ2n) is 6.79. The summed E-state index contributed by atoms with van der Waals surface area (Å²) in [4.78, 5) is 18.3. The Labute approximate surface area is 174 Å². The first-order valence-electron chi connectivity index (χ1n) is 10.1. The second kappa shape index (κ2) is 10.2. The summed E-state index contributed by atoms with van der Waals surface area (Å²) in [5, 5.41) is 10.6. The van der Waals surface area contributed by atoms with Gasteiger partial charge in [0, 0.05) is 18.6 Å². The molecule has 1 fully saturated rings. The molecule has 2 heterocycles. The van der Waals surface area contributed by atoms with Crippen LogP contribution in [0.3, 0.4) is 0 Å². The minimum Gasteiger partial charge on any atom is -0.381 e. The van der Waals surface area contributed by atoms with Crippen LogP contribution in [0.2, 0.25) is 0 Å². The van der Waals surface area contributed by atoms with Crippen LogP contribution in [-0.4, -0.2) is 35.4 Å². The van der Waals surface area contributed by atoms with Crippen molar-refractivity contribution in [2.75, 3.05) is 18.5 Å². The van der Waals surface area contributed by atoms with Gasteiger partial charge in [-0.05, 0) is 49.6 Å². The van der Waals surface area contributed by atoms with Crippen LogP contribution >= 0.6 is 0 Å². The Bertz CT molecular complexity index is 999. The van der Waals surface area contributed by atoms with Crippen LogP contribution in [0, 0.1) is 12.7 Å². The van der Waals surface area contributed by atoms with Crippen LogP contribution in [-0.2, 0) is 9.57 Å². The third-order valence-electron chi connectivity index (χ3n) is 4.74. The monoisotopic (exact) mass is 414 g/mol. The predicted molar refractivity (Wildman–Crippen MR) is 114 cm³/mol. The number of aryl methyl sites for hydroxylation is 1. The van der Waals surface area contributed by atoms with E-state index in [2.05, 4.69) is 21.0 Å². The quantitative estimate of drug-likeness (QED) is 0.530. The molecule has 0 spiro atoms. The maximum atomic E-state index is 14.4. The molecular weight excluding hydrogens is 387 g/mol. The highest BCUT2D eigenvalue weighted by molar-refractivity contribution is 6.08. The Morgan fingerprint density at radius 1 is 1.23 bits per heavy atom. The summed E-state index contributed by atoms with van der Waals surface area (Å²) >= 11 is 0. The van der Waals surface area contributed by atoms with E-state index in [1.807, 2.05) is 20.8 Å². The van der Waals surface area contributed by atoms with Crippen molar-refractivity contribution in [2.45, 2.75) is 39.7 Å². The van der Waals surface area contributed by atoms with Gasteiger partial charge < -0.3 is 10.1 Å². The lowest BCUT2D eigenvalue weighted by Gasteiger charge is -2.22.